The maximum absolute atomic E-state index is 11.9. The topological polar surface area (TPSA) is 117 Å². The van der Waals surface area contributed by atoms with Crippen LogP contribution in [0.3, 0.4) is 0 Å². The number of phosphoric ester groups is 2. The van der Waals surface area contributed by atoms with Gasteiger partial charge in [0.1, 0.15) is 0 Å². The molecule has 0 saturated carbocycles. The summed E-state index contributed by atoms with van der Waals surface area (Å²) in [6.45, 7) is 0. The molecule has 0 unspecified atom stereocenters. The van der Waals surface area contributed by atoms with E-state index in [1.165, 1.54) is 0 Å². The molecule has 0 fully saturated rings. The van der Waals surface area contributed by atoms with E-state index in [2.05, 4.69) is 18.1 Å². The molecule has 0 radical (unpaired) electrons. The van der Waals surface area contributed by atoms with Crippen molar-refractivity contribution in [3.63, 3.8) is 0 Å². The molecule has 0 aliphatic heterocycles. The molecular formula is C12H4F24MgO8P2. The molecule has 35 heteroatoms. The molecular weight excluding hydrogens is 814 g/mol. The Bertz CT molecular complexity index is 852. The molecule has 0 spiro atoms. The van der Waals surface area contributed by atoms with Gasteiger partial charge in [0, 0.05) is 0 Å². The summed E-state index contributed by atoms with van der Waals surface area (Å²) in [5.41, 5.74) is 0. The second kappa shape index (κ2) is 15.7. The van der Waals surface area contributed by atoms with E-state index in [4.69, 9.17) is 0 Å². The minimum Gasteiger partial charge on any atom is -0.756 e. The smallest absolute Gasteiger partial charge is 0.756 e. The van der Waals surface area contributed by atoms with Crippen molar-refractivity contribution in [3.8, 4) is 0 Å². The third-order valence-electron chi connectivity index (χ3n) is 3.32. The van der Waals surface area contributed by atoms with Crippen LogP contribution < -0.4 is 9.79 Å². The van der Waals surface area contributed by atoms with E-state index >= 15 is 0 Å². The van der Waals surface area contributed by atoms with Crippen molar-refractivity contribution in [3.05, 3.63) is 0 Å². The molecule has 0 aromatic rings. The summed E-state index contributed by atoms with van der Waals surface area (Å²) in [6, 6.07) is 0. The second-order valence-electron chi connectivity index (χ2n) is 7.17. The SMILES string of the molecule is O=P([O-])(OC(C(F)(F)F)C(F)(F)F)OC(C(F)(F)F)C(F)(F)F.O=P([O-])(OC(C(F)(F)F)C(F)(F)F)OC(C(F)(F)F)C(F)(F)F.[Mg+2]. The van der Waals surface area contributed by atoms with Gasteiger partial charge in [0.25, 0.3) is 40.1 Å². The quantitative estimate of drug-likeness (QED) is 0.154. The van der Waals surface area contributed by atoms with Gasteiger partial charge in [-0.25, -0.2) is 0 Å². The van der Waals surface area contributed by atoms with E-state index in [1.54, 1.807) is 0 Å². The third kappa shape index (κ3) is 18.8. The first-order chi connectivity index (χ1) is 19.4. The fraction of sp³-hybridized carbons (Fsp3) is 1.00. The third-order valence-corrected chi connectivity index (χ3v) is 5.19. The van der Waals surface area contributed by atoms with Gasteiger partial charge in [0.05, 0.1) is 0 Å². The van der Waals surface area contributed by atoms with Crippen LogP contribution in [0.25, 0.3) is 0 Å². The molecule has 280 valence electrons. The summed E-state index contributed by atoms with van der Waals surface area (Å²) in [4.78, 5) is 21.2. The van der Waals surface area contributed by atoms with E-state index in [1.807, 2.05) is 0 Å². The average molecular weight is 818 g/mol. The van der Waals surface area contributed by atoms with Crippen molar-refractivity contribution in [1.29, 1.82) is 0 Å². The van der Waals surface area contributed by atoms with E-state index in [-0.39, 0.29) is 23.1 Å². The molecule has 47 heavy (non-hydrogen) atoms. The summed E-state index contributed by atoms with van der Waals surface area (Å²) < 4.78 is 317. The maximum Gasteiger partial charge on any atom is 2.00 e. The predicted octanol–water partition coefficient (Wildman–Crippen LogP) is 6.57. The molecule has 0 aliphatic carbocycles. The van der Waals surface area contributed by atoms with Crippen molar-refractivity contribution in [1.82, 2.24) is 0 Å². The number of hydrogen-bond donors (Lipinski definition) is 0. The van der Waals surface area contributed by atoms with Crippen LogP contribution in [-0.4, -0.2) is 96.9 Å². The molecule has 0 heterocycles. The van der Waals surface area contributed by atoms with Gasteiger partial charge in [-0.2, -0.15) is 105 Å². The number of rotatable bonds is 8. The second-order valence-corrected chi connectivity index (χ2v) is 9.80. The van der Waals surface area contributed by atoms with E-state index in [0.29, 0.717) is 0 Å². The molecule has 0 aliphatic rings. The Kier molecular flexibility index (Phi) is 16.9. The molecule has 0 rings (SSSR count). The van der Waals surface area contributed by atoms with Gasteiger partial charge in [-0.05, 0) is 0 Å². The number of hydrogen-bond acceptors (Lipinski definition) is 8. The molecule has 0 amide bonds. The van der Waals surface area contributed by atoms with Crippen molar-refractivity contribution in [2.45, 2.75) is 73.8 Å². The van der Waals surface area contributed by atoms with Crippen LogP contribution >= 0.6 is 15.6 Å². The van der Waals surface area contributed by atoms with Gasteiger partial charge < -0.3 is 9.79 Å². The Balaban J connectivity index is -0.000000807. The zero-order chi connectivity index (χ0) is 38.1. The van der Waals surface area contributed by atoms with Crippen molar-refractivity contribution in [2.75, 3.05) is 0 Å². The van der Waals surface area contributed by atoms with Gasteiger partial charge in [0.2, 0.25) is 0 Å². The molecule has 0 aromatic heterocycles. The summed E-state index contributed by atoms with van der Waals surface area (Å²) in [5, 5.41) is 0. The van der Waals surface area contributed by atoms with Gasteiger partial charge in [0.15, 0.2) is 0 Å². The summed E-state index contributed by atoms with van der Waals surface area (Å²) in [7, 11) is -14.6. The van der Waals surface area contributed by atoms with Gasteiger partial charge >= 0.3 is 72.5 Å². The first-order valence-electron chi connectivity index (χ1n) is 9.25. The predicted molar refractivity (Wildman–Crippen MR) is 88.9 cm³/mol. The zero-order valence-corrected chi connectivity index (χ0v) is 23.5. The van der Waals surface area contributed by atoms with Crippen LogP contribution in [0.15, 0.2) is 0 Å². The maximum atomic E-state index is 11.9. The van der Waals surface area contributed by atoms with Crippen LogP contribution in [-0.2, 0) is 27.2 Å². The van der Waals surface area contributed by atoms with Crippen LogP contribution in [0.5, 0.6) is 0 Å². The van der Waals surface area contributed by atoms with E-state index in [9.17, 15) is 124 Å². The number of halogens is 24. The Morgan fingerprint density at radius 2 is 0.404 bits per heavy atom. The molecule has 0 bridgehead atoms. The number of phosphoric acid groups is 2. The van der Waals surface area contributed by atoms with Gasteiger partial charge in [-0.3, -0.25) is 27.2 Å². The Hall–Kier alpha value is -0.694. The number of alkyl halides is 24. The Morgan fingerprint density at radius 3 is 0.468 bits per heavy atom. The minimum absolute atomic E-state index is 0. The largest absolute Gasteiger partial charge is 2.00 e. The van der Waals surface area contributed by atoms with Crippen molar-refractivity contribution >= 4 is 38.7 Å². The minimum atomic E-state index is -7.32. The first-order valence-corrected chi connectivity index (χ1v) is 12.2. The van der Waals surface area contributed by atoms with E-state index < -0.39 is 89.5 Å². The normalized spacial score (nSPS) is 15.3. The van der Waals surface area contributed by atoms with Gasteiger partial charge in [-0.1, -0.05) is 0 Å². The van der Waals surface area contributed by atoms with E-state index in [0.717, 1.165) is 0 Å². The Morgan fingerprint density at radius 1 is 0.319 bits per heavy atom. The molecule has 0 N–H and O–H groups in total. The average Bonchev–Trinajstić information content (AvgIpc) is 2.67. The summed E-state index contributed by atoms with van der Waals surface area (Å²) >= 11 is 0. The fourth-order valence-corrected chi connectivity index (χ4v) is 3.87. The first kappa shape index (κ1) is 50.7. The van der Waals surface area contributed by atoms with Crippen molar-refractivity contribution in [2.24, 2.45) is 0 Å². The van der Waals surface area contributed by atoms with Crippen LogP contribution in [0.2, 0.25) is 0 Å². The van der Waals surface area contributed by atoms with Crippen LogP contribution in [0.1, 0.15) is 0 Å². The monoisotopic (exact) mass is 818 g/mol. The Labute approximate surface area is 255 Å². The zero-order valence-electron chi connectivity index (χ0n) is 20.2. The van der Waals surface area contributed by atoms with Crippen LogP contribution in [0, 0.1) is 0 Å². The molecule has 0 atom stereocenters. The summed E-state index contributed by atoms with van der Waals surface area (Å²) in [5.74, 6) is 0. The molecule has 0 aromatic carbocycles. The molecule has 8 nitrogen and oxygen atoms in total. The summed E-state index contributed by atoms with van der Waals surface area (Å²) in [6.07, 6.45) is -72.9. The molecule has 0 saturated heterocycles. The van der Waals surface area contributed by atoms with Crippen molar-refractivity contribution < 1.29 is 142 Å². The van der Waals surface area contributed by atoms with Gasteiger partial charge in [-0.15, -0.1) is 0 Å². The fourth-order valence-electron chi connectivity index (χ4n) is 1.79. The van der Waals surface area contributed by atoms with Crippen LogP contribution in [0.4, 0.5) is 105 Å². The standard InChI is InChI=1S/2C6H3F12O4P.Mg/c2*7-3(8,9)1(4(10,11)12)21-23(19,20)22-2(5(13,14)15)6(16,17)18;/h2*1-2H,(H,19,20);/q;;+2/p-2.